The van der Waals surface area contributed by atoms with Crippen LogP contribution in [0.25, 0.3) is 0 Å². The van der Waals surface area contributed by atoms with Gasteiger partial charge in [0, 0.05) is 0 Å². The first-order valence-corrected chi connectivity index (χ1v) is 6.48. The molecule has 20 heavy (non-hydrogen) atoms. The van der Waals surface area contributed by atoms with Crippen LogP contribution in [0.4, 0.5) is 14.5 Å². The van der Waals surface area contributed by atoms with Gasteiger partial charge in [-0.15, -0.1) is 0 Å². The molecule has 0 spiro atoms. The molecule has 0 bridgehead atoms. The van der Waals surface area contributed by atoms with Crippen molar-refractivity contribution >= 4 is 17.6 Å². The third-order valence-electron chi connectivity index (χ3n) is 3.63. The lowest BCUT2D eigenvalue weighted by Crippen LogP contribution is -2.36. The van der Waals surface area contributed by atoms with Gasteiger partial charge in [-0.25, -0.2) is 8.78 Å². The summed E-state index contributed by atoms with van der Waals surface area (Å²) in [5.74, 6) is -4.97. The van der Waals surface area contributed by atoms with Gasteiger partial charge in [0.2, 0.25) is 5.91 Å². The molecule has 0 aliphatic heterocycles. The first-order chi connectivity index (χ1) is 9.50. The van der Waals surface area contributed by atoms with E-state index in [-0.39, 0.29) is 0 Å². The minimum atomic E-state index is -1.04. The molecule has 1 aliphatic carbocycles. The number of para-hydroxylation sites is 1. The number of carbonyl (C=O) groups excluding carboxylic acids is 1. The number of anilines is 1. The number of halogens is 2. The van der Waals surface area contributed by atoms with Gasteiger partial charge in [-0.3, -0.25) is 9.59 Å². The molecule has 0 saturated heterocycles. The maximum absolute atomic E-state index is 13.5. The van der Waals surface area contributed by atoms with Crippen LogP contribution in [-0.4, -0.2) is 17.0 Å². The molecule has 4 nitrogen and oxygen atoms in total. The molecule has 2 rings (SSSR count). The smallest absolute Gasteiger partial charge is 0.307 e. The molecule has 0 radical (unpaired) electrons. The summed E-state index contributed by atoms with van der Waals surface area (Å²) in [5, 5.41) is 11.3. The molecule has 1 aromatic carbocycles. The molecular weight excluding hydrogens is 268 g/mol. The fraction of sp³-hybridized carbons (Fsp3) is 0.429. The molecule has 1 amide bonds. The summed E-state index contributed by atoms with van der Waals surface area (Å²) in [7, 11) is 0. The summed E-state index contributed by atoms with van der Waals surface area (Å²) in [4.78, 5) is 23.2. The van der Waals surface area contributed by atoms with Crippen LogP contribution in [0.5, 0.6) is 0 Å². The lowest BCUT2D eigenvalue weighted by atomic mass is 9.78. The van der Waals surface area contributed by atoms with Crippen LogP contribution in [0.3, 0.4) is 0 Å². The van der Waals surface area contributed by atoms with Gasteiger partial charge in [-0.05, 0) is 25.0 Å². The van der Waals surface area contributed by atoms with Gasteiger partial charge in [0.1, 0.15) is 17.3 Å². The molecule has 1 saturated carbocycles. The highest BCUT2D eigenvalue weighted by atomic mass is 19.1. The highest BCUT2D eigenvalue weighted by molar-refractivity contribution is 5.95. The number of amides is 1. The zero-order valence-corrected chi connectivity index (χ0v) is 10.7. The van der Waals surface area contributed by atoms with E-state index in [1.165, 1.54) is 6.07 Å². The summed E-state index contributed by atoms with van der Waals surface area (Å²) in [6.07, 6.45) is 2.31. The minimum Gasteiger partial charge on any atom is -0.481 e. The molecule has 0 unspecified atom stereocenters. The Bertz CT molecular complexity index is 513. The third kappa shape index (κ3) is 2.95. The quantitative estimate of drug-likeness (QED) is 0.896. The van der Waals surface area contributed by atoms with E-state index in [4.69, 9.17) is 5.11 Å². The normalized spacial score (nSPS) is 22.3. The Morgan fingerprint density at radius 2 is 1.65 bits per heavy atom. The number of aliphatic carboxylic acids is 1. The van der Waals surface area contributed by atoms with E-state index >= 15 is 0 Å². The molecule has 0 aromatic heterocycles. The summed E-state index contributed by atoms with van der Waals surface area (Å²) < 4.78 is 26.9. The van der Waals surface area contributed by atoms with Crippen LogP contribution < -0.4 is 5.32 Å². The van der Waals surface area contributed by atoms with E-state index in [2.05, 4.69) is 5.32 Å². The van der Waals surface area contributed by atoms with Gasteiger partial charge < -0.3 is 10.4 Å². The molecule has 2 N–H and O–H groups in total. The largest absolute Gasteiger partial charge is 0.481 e. The van der Waals surface area contributed by atoms with E-state index in [9.17, 15) is 18.4 Å². The Balaban J connectivity index is 2.16. The van der Waals surface area contributed by atoms with E-state index in [1.807, 2.05) is 0 Å². The molecule has 6 heteroatoms. The highest BCUT2D eigenvalue weighted by Crippen LogP contribution is 2.31. The topological polar surface area (TPSA) is 66.4 Å². The molecule has 1 fully saturated rings. The zero-order chi connectivity index (χ0) is 14.7. The average molecular weight is 283 g/mol. The Hall–Kier alpha value is -1.98. The average Bonchev–Trinajstić information content (AvgIpc) is 2.43. The Labute approximate surface area is 114 Å². The number of hydrogen-bond acceptors (Lipinski definition) is 2. The monoisotopic (exact) mass is 283 g/mol. The van der Waals surface area contributed by atoms with E-state index < -0.39 is 41.0 Å². The number of carboxylic acid groups (broad SMARTS) is 1. The first-order valence-electron chi connectivity index (χ1n) is 6.48. The lowest BCUT2D eigenvalue weighted by Gasteiger charge is -2.27. The van der Waals surface area contributed by atoms with E-state index in [1.54, 1.807) is 0 Å². The second kappa shape index (κ2) is 5.98. The van der Waals surface area contributed by atoms with Gasteiger partial charge in [-0.1, -0.05) is 18.9 Å². The van der Waals surface area contributed by atoms with Crippen molar-refractivity contribution in [3.63, 3.8) is 0 Å². The van der Waals surface area contributed by atoms with Crippen molar-refractivity contribution in [2.45, 2.75) is 25.7 Å². The van der Waals surface area contributed by atoms with Crippen molar-refractivity contribution in [1.29, 1.82) is 0 Å². The Kier molecular flexibility index (Phi) is 4.32. The van der Waals surface area contributed by atoms with E-state index in [0.717, 1.165) is 25.0 Å². The van der Waals surface area contributed by atoms with Gasteiger partial charge in [-0.2, -0.15) is 0 Å². The van der Waals surface area contributed by atoms with Gasteiger partial charge in [0.25, 0.3) is 0 Å². The standard InChI is InChI=1S/C14H15F2NO3/c15-10-6-3-7-11(16)12(10)17-13(18)8-4-1-2-5-9(8)14(19)20/h3,6-9H,1-2,4-5H2,(H,17,18)(H,19,20)/t8-,9-/m0/s1. The Morgan fingerprint density at radius 1 is 1.10 bits per heavy atom. The maximum Gasteiger partial charge on any atom is 0.307 e. The predicted octanol–water partition coefficient (Wildman–Crippen LogP) is 2.79. The van der Waals surface area contributed by atoms with Crippen LogP contribution in [0, 0.1) is 23.5 Å². The highest BCUT2D eigenvalue weighted by Gasteiger charge is 2.36. The lowest BCUT2D eigenvalue weighted by molar-refractivity contribution is -0.147. The van der Waals surface area contributed by atoms with Crippen molar-refractivity contribution in [1.82, 2.24) is 0 Å². The van der Waals surface area contributed by atoms with Crippen molar-refractivity contribution in [3.05, 3.63) is 29.8 Å². The molecular formula is C14H15F2NO3. The van der Waals surface area contributed by atoms with Crippen molar-refractivity contribution in [2.75, 3.05) is 5.32 Å². The summed E-state index contributed by atoms with van der Waals surface area (Å²) >= 11 is 0. The number of carbonyl (C=O) groups is 2. The zero-order valence-electron chi connectivity index (χ0n) is 10.7. The van der Waals surface area contributed by atoms with Gasteiger partial charge in [0.05, 0.1) is 11.8 Å². The summed E-state index contributed by atoms with van der Waals surface area (Å²) in [6, 6.07) is 3.27. The van der Waals surface area contributed by atoms with Crippen LogP contribution in [0.15, 0.2) is 18.2 Å². The molecule has 108 valence electrons. The van der Waals surface area contributed by atoms with E-state index in [0.29, 0.717) is 12.8 Å². The van der Waals surface area contributed by atoms with Gasteiger partial charge >= 0.3 is 5.97 Å². The first kappa shape index (κ1) is 14.4. The fourth-order valence-corrected chi connectivity index (χ4v) is 2.57. The minimum absolute atomic E-state index is 0.410. The number of rotatable bonds is 3. The second-order valence-electron chi connectivity index (χ2n) is 4.92. The van der Waals surface area contributed by atoms with Crippen molar-refractivity contribution in [2.24, 2.45) is 11.8 Å². The maximum atomic E-state index is 13.5. The summed E-state index contributed by atoms with van der Waals surface area (Å²) in [5.41, 5.74) is -0.521. The number of hydrogen-bond donors (Lipinski definition) is 2. The molecule has 1 aliphatic rings. The summed E-state index contributed by atoms with van der Waals surface area (Å²) in [6.45, 7) is 0. The molecule has 2 atom stereocenters. The van der Waals surface area contributed by atoms with Crippen LogP contribution in [0.2, 0.25) is 0 Å². The third-order valence-corrected chi connectivity index (χ3v) is 3.63. The SMILES string of the molecule is O=C(O)[C@H]1CCCC[C@@H]1C(=O)Nc1c(F)cccc1F. The molecule has 0 heterocycles. The number of nitrogens with one attached hydrogen (secondary N) is 1. The second-order valence-corrected chi connectivity index (χ2v) is 4.92. The van der Waals surface area contributed by atoms with Crippen LogP contribution in [0.1, 0.15) is 25.7 Å². The number of carboxylic acids is 1. The predicted molar refractivity (Wildman–Crippen MR) is 68.1 cm³/mol. The van der Waals surface area contributed by atoms with Crippen molar-refractivity contribution < 1.29 is 23.5 Å². The number of benzene rings is 1. The van der Waals surface area contributed by atoms with Crippen LogP contribution >= 0.6 is 0 Å². The Morgan fingerprint density at radius 3 is 2.20 bits per heavy atom. The van der Waals surface area contributed by atoms with Crippen molar-refractivity contribution in [3.8, 4) is 0 Å². The van der Waals surface area contributed by atoms with Gasteiger partial charge in [0.15, 0.2) is 0 Å². The fourth-order valence-electron chi connectivity index (χ4n) is 2.57. The molecule has 1 aromatic rings. The van der Waals surface area contributed by atoms with Crippen LogP contribution in [-0.2, 0) is 9.59 Å².